The molecule has 0 radical (unpaired) electrons. The lowest BCUT2D eigenvalue weighted by molar-refractivity contribution is -0.0761. The fourth-order valence-electron chi connectivity index (χ4n) is 3.03. The fraction of sp³-hybridized carbons (Fsp3) is 0.800. The first-order valence-electron chi connectivity index (χ1n) is 8.15. The Morgan fingerprint density at radius 1 is 1.36 bits per heavy atom. The molecule has 1 aromatic heterocycles. The predicted molar refractivity (Wildman–Crippen MR) is 82.9 cm³/mol. The van der Waals surface area contributed by atoms with Gasteiger partial charge in [0.05, 0.1) is 18.4 Å². The van der Waals surface area contributed by atoms with Gasteiger partial charge in [-0.25, -0.2) is 8.42 Å². The van der Waals surface area contributed by atoms with Crippen LogP contribution in [0, 0.1) is 5.92 Å². The molecule has 3 rings (SSSR count). The molecule has 22 heavy (non-hydrogen) atoms. The molecule has 0 amide bonds. The normalized spacial score (nSPS) is 27.2. The number of aromatic nitrogens is 2. The van der Waals surface area contributed by atoms with Crippen LogP contribution in [0.3, 0.4) is 0 Å². The number of hydrogen-bond acceptors (Lipinski definition) is 4. The van der Waals surface area contributed by atoms with E-state index in [9.17, 15) is 8.42 Å². The first-order valence-corrected chi connectivity index (χ1v) is 9.59. The van der Waals surface area contributed by atoms with Crippen molar-refractivity contribution in [1.29, 1.82) is 0 Å². The highest BCUT2D eigenvalue weighted by atomic mass is 32.2. The van der Waals surface area contributed by atoms with Crippen LogP contribution in [0.5, 0.6) is 0 Å². The van der Waals surface area contributed by atoms with Crippen molar-refractivity contribution in [3.63, 3.8) is 0 Å². The second kappa shape index (κ2) is 6.29. The van der Waals surface area contributed by atoms with Gasteiger partial charge in [0.25, 0.3) is 0 Å². The van der Waals surface area contributed by atoms with Crippen LogP contribution in [0.1, 0.15) is 39.0 Å². The van der Waals surface area contributed by atoms with Gasteiger partial charge < -0.3 is 4.74 Å². The van der Waals surface area contributed by atoms with Crippen molar-refractivity contribution >= 4 is 10.0 Å². The van der Waals surface area contributed by atoms with Crippen LogP contribution < -0.4 is 0 Å². The van der Waals surface area contributed by atoms with Crippen molar-refractivity contribution in [1.82, 2.24) is 14.1 Å². The Morgan fingerprint density at radius 3 is 2.73 bits per heavy atom. The minimum atomic E-state index is -3.47. The third-order valence-electron chi connectivity index (χ3n) is 4.50. The Labute approximate surface area is 132 Å². The van der Waals surface area contributed by atoms with Gasteiger partial charge in [-0.2, -0.15) is 9.40 Å². The highest BCUT2D eigenvalue weighted by molar-refractivity contribution is 7.89. The summed E-state index contributed by atoms with van der Waals surface area (Å²) in [5.74, 6) is 0.538. The molecule has 1 aromatic rings. The lowest BCUT2D eigenvalue weighted by Crippen LogP contribution is -2.50. The van der Waals surface area contributed by atoms with E-state index in [4.69, 9.17) is 4.74 Å². The first kappa shape index (κ1) is 16.0. The van der Waals surface area contributed by atoms with E-state index in [0.29, 0.717) is 19.0 Å². The third-order valence-corrected chi connectivity index (χ3v) is 6.29. The Kier molecular flexibility index (Phi) is 4.56. The summed E-state index contributed by atoms with van der Waals surface area (Å²) < 4.78 is 34.9. The zero-order valence-corrected chi connectivity index (χ0v) is 14.1. The van der Waals surface area contributed by atoms with Crippen molar-refractivity contribution in [2.24, 2.45) is 13.0 Å². The minimum Gasteiger partial charge on any atom is -0.372 e. The second-order valence-electron chi connectivity index (χ2n) is 6.45. The fourth-order valence-corrected chi connectivity index (χ4v) is 4.50. The quantitative estimate of drug-likeness (QED) is 0.799. The molecular formula is C15H25N3O3S. The minimum absolute atomic E-state index is 0.0192. The van der Waals surface area contributed by atoms with Crippen LogP contribution in [-0.4, -0.2) is 47.8 Å². The molecule has 124 valence electrons. The van der Waals surface area contributed by atoms with Gasteiger partial charge in [0.2, 0.25) is 10.0 Å². The number of morpholine rings is 1. The molecule has 7 heteroatoms. The molecule has 2 fully saturated rings. The van der Waals surface area contributed by atoms with Crippen LogP contribution in [0.2, 0.25) is 0 Å². The number of aryl methyl sites for hydroxylation is 1. The summed E-state index contributed by atoms with van der Waals surface area (Å²) in [4.78, 5) is 0.278. The summed E-state index contributed by atoms with van der Waals surface area (Å²) in [6.07, 6.45) is 8.49. The molecule has 1 saturated carbocycles. The van der Waals surface area contributed by atoms with E-state index in [1.54, 1.807) is 17.5 Å². The van der Waals surface area contributed by atoms with E-state index in [1.165, 1.54) is 10.9 Å². The molecule has 1 saturated heterocycles. The molecule has 0 unspecified atom stereocenters. The maximum atomic E-state index is 12.8. The molecule has 1 aliphatic heterocycles. The molecule has 0 spiro atoms. The van der Waals surface area contributed by atoms with Gasteiger partial charge in [-0.1, -0.05) is 19.8 Å². The zero-order valence-electron chi connectivity index (χ0n) is 13.3. The van der Waals surface area contributed by atoms with Gasteiger partial charge in [0.1, 0.15) is 4.90 Å². The van der Waals surface area contributed by atoms with E-state index in [0.717, 1.165) is 32.1 Å². The Morgan fingerprint density at radius 2 is 2.14 bits per heavy atom. The topological polar surface area (TPSA) is 64.4 Å². The molecule has 6 nitrogen and oxygen atoms in total. The Balaban J connectivity index is 1.78. The number of nitrogens with zero attached hydrogens (tertiary/aromatic N) is 3. The first-order chi connectivity index (χ1) is 10.5. The lowest BCUT2D eigenvalue weighted by Gasteiger charge is -2.37. The number of ether oxygens (including phenoxy) is 1. The standard InChI is InChI=1S/C15H25N3O3S/c1-3-4-5-13-9-18(11-15(21-13)12-6-7-12)22(19,20)14-8-16-17(2)10-14/h8,10,12-13,15H,3-7,9,11H2,1-2H3/t13-,15-/m1/s1. The maximum Gasteiger partial charge on any atom is 0.246 e. The smallest absolute Gasteiger partial charge is 0.246 e. The molecule has 2 aliphatic rings. The van der Waals surface area contributed by atoms with Crippen molar-refractivity contribution in [3.05, 3.63) is 12.4 Å². The van der Waals surface area contributed by atoms with Gasteiger partial charge in [-0.05, 0) is 25.2 Å². The van der Waals surface area contributed by atoms with Crippen molar-refractivity contribution in [3.8, 4) is 0 Å². The van der Waals surface area contributed by atoms with Gasteiger partial charge in [-0.3, -0.25) is 4.68 Å². The number of hydrogen-bond donors (Lipinski definition) is 0. The number of unbranched alkanes of at least 4 members (excludes halogenated alkanes) is 1. The summed E-state index contributed by atoms with van der Waals surface area (Å²) in [7, 11) is -1.74. The van der Waals surface area contributed by atoms with Crippen molar-refractivity contribution in [2.75, 3.05) is 13.1 Å². The molecule has 2 atom stereocenters. The number of rotatable bonds is 6. The van der Waals surface area contributed by atoms with Gasteiger partial charge in [-0.15, -0.1) is 0 Å². The van der Waals surface area contributed by atoms with Crippen LogP contribution in [-0.2, 0) is 21.8 Å². The predicted octanol–water partition coefficient (Wildman–Crippen LogP) is 1.78. The second-order valence-corrected chi connectivity index (χ2v) is 8.39. The van der Waals surface area contributed by atoms with E-state index < -0.39 is 10.0 Å². The largest absolute Gasteiger partial charge is 0.372 e. The van der Waals surface area contributed by atoms with Gasteiger partial charge >= 0.3 is 0 Å². The SMILES string of the molecule is CCCC[C@@H]1CN(S(=O)(=O)c2cnn(C)c2)C[C@H](C2CC2)O1. The van der Waals surface area contributed by atoms with Crippen molar-refractivity contribution < 1.29 is 13.2 Å². The summed E-state index contributed by atoms with van der Waals surface area (Å²) in [6.45, 7) is 3.08. The lowest BCUT2D eigenvalue weighted by atomic mass is 10.1. The van der Waals surface area contributed by atoms with Gasteiger partial charge in [0, 0.05) is 26.3 Å². The zero-order chi connectivity index (χ0) is 15.7. The van der Waals surface area contributed by atoms with E-state index >= 15 is 0 Å². The van der Waals surface area contributed by atoms with Crippen LogP contribution >= 0.6 is 0 Å². The molecule has 0 N–H and O–H groups in total. The van der Waals surface area contributed by atoms with E-state index in [1.807, 2.05) is 0 Å². The highest BCUT2D eigenvalue weighted by Crippen LogP contribution is 2.38. The molecule has 0 aromatic carbocycles. The summed E-state index contributed by atoms with van der Waals surface area (Å²) in [6, 6.07) is 0. The number of sulfonamides is 1. The molecular weight excluding hydrogens is 302 g/mol. The average Bonchev–Trinajstić information content (AvgIpc) is 3.26. The van der Waals surface area contributed by atoms with Crippen LogP contribution in [0.4, 0.5) is 0 Å². The van der Waals surface area contributed by atoms with E-state index in [-0.39, 0.29) is 17.1 Å². The Hall–Kier alpha value is -0.920. The van der Waals surface area contributed by atoms with Crippen LogP contribution in [0.15, 0.2) is 17.3 Å². The Bertz CT molecular complexity index is 609. The molecule has 2 heterocycles. The van der Waals surface area contributed by atoms with Crippen LogP contribution in [0.25, 0.3) is 0 Å². The average molecular weight is 327 g/mol. The maximum absolute atomic E-state index is 12.8. The monoisotopic (exact) mass is 327 g/mol. The van der Waals surface area contributed by atoms with Crippen molar-refractivity contribution in [2.45, 2.75) is 56.1 Å². The highest BCUT2D eigenvalue weighted by Gasteiger charge is 2.42. The van der Waals surface area contributed by atoms with E-state index in [2.05, 4.69) is 12.0 Å². The summed E-state index contributed by atoms with van der Waals surface area (Å²) >= 11 is 0. The third kappa shape index (κ3) is 3.36. The van der Waals surface area contributed by atoms with Gasteiger partial charge in [0.15, 0.2) is 0 Å². The summed E-state index contributed by atoms with van der Waals surface area (Å²) in [5.41, 5.74) is 0. The molecule has 1 aliphatic carbocycles. The summed E-state index contributed by atoms with van der Waals surface area (Å²) in [5, 5.41) is 3.99. The molecule has 0 bridgehead atoms.